The number of hydrogen-bond donors (Lipinski definition) is 1. The van der Waals surface area contributed by atoms with E-state index >= 15 is 0 Å². The summed E-state index contributed by atoms with van der Waals surface area (Å²) in [5, 5.41) is 2.96. The van der Waals surface area contributed by atoms with Crippen molar-refractivity contribution >= 4 is 35.1 Å². The summed E-state index contributed by atoms with van der Waals surface area (Å²) in [5.41, 5.74) is 4.30. The zero-order valence-corrected chi connectivity index (χ0v) is 20.7. The van der Waals surface area contributed by atoms with Gasteiger partial charge >= 0.3 is 6.03 Å². The highest BCUT2D eigenvalue weighted by atomic mass is 32.2. The maximum Gasteiger partial charge on any atom is 0.323 e. The Morgan fingerprint density at radius 1 is 1.03 bits per heavy atom. The number of fused-ring (bicyclic) bond motifs is 2. The van der Waals surface area contributed by atoms with Gasteiger partial charge in [-0.05, 0) is 42.8 Å². The lowest BCUT2D eigenvalue weighted by molar-refractivity contribution is -0.123. The van der Waals surface area contributed by atoms with Gasteiger partial charge in [-0.1, -0.05) is 35.9 Å². The van der Waals surface area contributed by atoms with E-state index in [1.165, 1.54) is 11.8 Å². The Morgan fingerprint density at radius 3 is 2.54 bits per heavy atom. The van der Waals surface area contributed by atoms with Gasteiger partial charge in [0.2, 0.25) is 0 Å². The molecular weight excluding hydrogens is 462 g/mol. The van der Waals surface area contributed by atoms with Crippen LogP contribution in [0.1, 0.15) is 16.7 Å². The second-order valence-corrected chi connectivity index (χ2v) is 9.86. The number of nitrogens with one attached hydrogen (secondary N) is 1. The first-order valence-electron chi connectivity index (χ1n) is 11.4. The third kappa shape index (κ3) is 3.97. The van der Waals surface area contributed by atoms with Crippen molar-refractivity contribution in [3.8, 4) is 11.5 Å². The van der Waals surface area contributed by atoms with Crippen LogP contribution >= 0.6 is 11.8 Å². The summed E-state index contributed by atoms with van der Waals surface area (Å²) in [6, 6.07) is 20.6. The molecule has 2 aliphatic rings. The number of ether oxygens (including phenoxy) is 2. The number of carbonyl (C=O) groups is 2. The number of aryl methyl sites for hydroxylation is 1. The van der Waals surface area contributed by atoms with E-state index in [2.05, 4.69) is 5.32 Å². The van der Waals surface area contributed by atoms with Crippen LogP contribution in [0.2, 0.25) is 0 Å². The van der Waals surface area contributed by atoms with Crippen molar-refractivity contribution < 1.29 is 19.1 Å². The Balaban J connectivity index is 1.51. The first-order valence-corrected chi connectivity index (χ1v) is 12.4. The summed E-state index contributed by atoms with van der Waals surface area (Å²) in [5.74, 6) is 1.94. The molecule has 5 rings (SSSR count). The van der Waals surface area contributed by atoms with Crippen molar-refractivity contribution in [3.05, 3.63) is 83.4 Å². The van der Waals surface area contributed by atoms with Gasteiger partial charge in [0.15, 0.2) is 4.87 Å². The van der Waals surface area contributed by atoms with Gasteiger partial charge in [0.05, 0.1) is 26.5 Å². The smallest absolute Gasteiger partial charge is 0.323 e. The van der Waals surface area contributed by atoms with Crippen LogP contribution in [0.3, 0.4) is 0 Å². The molecule has 1 spiro atoms. The number of benzene rings is 3. The topological polar surface area (TPSA) is 71.1 Å². The van der Waals surface area contributed by atoms with Gasteiger partial charge in [-0.3, -0.25) is 9.69 Å². The minimum atomic E-state index is -1.11. The minimum Gasteiger partial charge on any atom is -0.497 e. The van der Waals surface area contributed by atoms with Gasteiger partial charge in [-0.25, -0.2) is 4.79 Å². The number of rotatable bonds is 5. The quantitative estimate of drug-likeness (QED) is 0.547. The SMILES string of the molecule is COc1cccc(CN2C(=O)[C@@]3(SCCN3C(=O)Nc3cccc(OC)c3)c3cc(C)ccc32)c1. The van der Waals surface area contributed by atoms with Crippen LogP contribution in [0, 0.1) is 6.92 Å². The van der Waals surface area contributed by atoms with Crippen molar-refractivity contribution in [1.82, 2.24) is 4.90 Å². The lowest BCUT2D eigenvalue weighted by Crippen LogP contribution is -2.51. The van der Waals surface area contributed by atoms with Gasteiger partial charge in [0.25, 0.3) is 5.91 Å². The Bertz CT molecular complexity index is 1300. The van der Waals surface area contributed by atoms with E-state index in [0.29, 0.717) is 30.3 Å². The number of nitrogens with zero attached hydrogens (tertiary/aromatic N) is 2. The lowest BCUT2D eigenvalue weighted by atomic mass is 10.0. The molecule has 0 saturated carbocycles. The molecule has 1 N–H and O–H groups in total. The summed E-state index contributed by atoms with van der Waals surface area (Å²) >= 11 is 1.51. The number of amides is 3. The van der Waals surface area contributed by atoms with Gasteiger partial charge in [-0.15, -0.1) is 11.8 Å². The molecule has 35 heavy (non-hydrogen) atoms. The average Bonchev–Trinajstić information content (AvgIpc) is 3.41. The fraction of sp³-hybridized carbons (Fsp3) is 0.259. The number of anilines is 2. The van der Waals surface area contributed by atoms with Gasteiger partial charge < -0.3 is 19.7 Å². The molecule has 0 radical (unpaired) electrons. The standard InChI is InChI=1S/C27H27N3O4S/c1-18-10-11-24-23(14-18)27(25(31)29(24)17-19-6-4-8-21(15-19)33-2)30(12-13-35-27)26(32)28-20-7-5-9-22(16-20)34-3/h4-11,14-16H,12-13,17H2,1-3H3,(H,28,32)/t27-/m0/s1. The Labute approximate surface area is 209 Å². The number of methoxy groups -OCH3 is 2. The second kappa shape index (κ2) is 9.19. The largest absolute Gasteiger partial charge is 0.497 e. The van der Waals surface area contributed by atoms with E-state index in [9.17, 15) is 9.59 Å². The molecule has 3 amide bonds. The predicted molar refractivity (Wildman–Crippen MR) is 138 cm³/mol. The van der Waals surface area contributed by atoms with Crippen molar-refractivity contribution in [2.75, 3.05) is 36.7 Å². The van der Waals surface area contributed by atoms with Gasteiger partial charge in [0.1, 0.15) is 11.5 Å². The van der Waals surface area contributed by atoms with Crippen molar-refractivity contribution in [2.24, 2.45) is 0 Å². The highest BCUT2D eigenvalue weighted by molar-refractivity contribution is 8.01. The van der Waals surface area contributed by atoms with E-state index < -0.39 is 4.87 Å². The molecule has 2 aliphatic heterocycles. The highest BCUT2D eigenvalue weighted by Gasteiger charge is 2.59. The lowest BCUT2D eigenvalue weighted by Gasteiger charge is -2.33. The Kier molecular flexibility index (Phi) is 6.06. The van der Waals surface area contributed by atoms with Crippen molar-refractivity contribution in [3.63, 3.8) is 0 Å². The molecule has 1 saturated heterocycles. The molecule has 0 unspecified atom stereocenters. The summed E-state index contributed by atoms with van der Waals surface area (Å²) < 4.78 is 10.6. The van der Waals surface area contributed by atoms with E-state index in [-0.39, 0.29) is 11.9 Å². The minimum absolute atomic E-state index is 0.107. The Hall–Kier alpha value is -3.65. The number of hydrogen-bond acceptors (Lipinski definition) is 5. The van der Waals surface area contributed by atoms with Crippen LogP contribution in [0.15, 0.2) is 66.7 Å². The third-order valence-corrected chi connectivity index (χ3v) is 7.81. The molecule has 0 bridgehead atoms. The van der Waals surface area contributed by atoms with Crippen LogP contribution in [0.25, 0.3) is 0 Å². The zero-order valence-electron chi connectivity index (χ0n) is 19.9. The molecule has 1 fully saturated rings. The van der Waals surface area contributed by atoms with Crippen molar-refractivity contribution in [1.29, 1.82) is 0 Å². The fourth-order valence-electron chi connectivity index (χ4n) is 4.73. The molecule has 8 heteroatoms. The number of thioether (sulfide) groups is 1. The van der Waals surface area contributed by atoms with Crippen LogP contribution < -0.4 is 19.7 Å². The molecular formula is C27H27N3O4S. The monoisotopic (exact) mass is 489 g/mol. The molecule has 2 heterocycles. The zero-order chi connectivity index (χ0) is 24.6. The van der Waals surface area contributed by atoms with Crippen LogP contribution in [0.4, 0.5) is 16.2 Å². The molecule has 3 aromatic rings. The van der Waals surface area contributed by atoms with Crippen LogP contribution in [-0.4, -0.2) is 43.4 Å². The molecule has 0 aliphatic carbocycles. The maximum atomic E-state index is 14.2. The summed E-state index contributed by atoms with van der Waals surface area (Å²) in [7, 11) is 3.21. The van der Waals surface area contributed by atoms with Crippen LogP contribution in [0.5, 0.6) is 11.5 Å². The average molecular weight is 490 g/mol. The summed E-state index contributed by atoms with van der Waals surface area (Å²) in [6.07, 6.45) is 0. The highest BCUT2D eigenvalue weighted by Crippen LogP contribution is 2.54. The molecule has 3 aromatic carbocycles. The third-order valence-electron chi connectivity index (χ3n) is 6.39. The second-order valence-electron chi connectivity index (χ2n) is 8.57. The van der Waals surface area contributed by atoms with Crippen molar-refractivity contribution in [2.45, 2.75) is 18.3 Å². The van der Waals surface area contributed by atoms with Gasteiger partial charge in [-0.2, -0.15) is 0 Å². The fourth-order valence-corrected chi connectivity index (χ4v) is 6.18. The first kappa shape index (κ1) is 23.1. The molecule has 0 aromatic heterocycles. The number of urea groups is 1. The number of carbonyl (C=O) groups excluding carboxylic acids is 2. The van der Waals surface area contributed by atoms with Gasteiger partial charge in [0, 0.05) is 29.6 Å². The maximum absolute atomic E-state index is 14.2. The first-order chi connectivity index (χ1) is 17.0. The van der Waals surface area contributed by atoms with E-state index in [1.54, 1.807) is 36.2 Å². The summed E-state index contributed by atoms with van der Waals surface area (Å²) in [6.45, 7) is 2.86. The molecule has 7 nitrogen and oxygen atoms in total. The Morgan fingerprint density at radius 2 is 1.77 bits per heavy atom. The normalized spacial score (nSPS) is 18.7. The molecule has 1 atom stereocenters. The predicted octanol–water partition coefficient (Wildman–Crippen LogP) is 4.99. The van der Waals surface area contributed by atoms with E-state index in [0.717, 1.165) is 28.1 Å². The summed E-state index contributed by atoms with van der Waals surface area (Å²) in [4.78, 5) is 30.0. The van der Waals surface area contributed by atoms with E-state index in [1.807, 2.05) is 61.5 Å². The van der Waals surface area contributed by atoms with Crippen LogP contribution in [-0.2, 0) is 16.2 Å². The van der Waals surface area contributed by atoms with E-state index in [4.69, 9.17) is 9.47 Å². The molecule has 180 valence electrons.